The van der Waals surface area contributed by atoms with Crippen LogP contribution < -0.4 is 0 Å². The van der Waals surface area contributed by atoms with E-state index in [0.29, 0.717) is 0 Å². The van der Waals surface area contributed by atoms with E-state index in [9.17, 15) is 0 Å². The maximum atomic E-state index is 4.42. The molecule has 0 saturated heterocycles. The third-order valence-electron chi connectivity index (χ3n) is 14.3. The third-order valence-corrected chi connectivity index (χ3v) is 14.3. The van der Waals surface area contributed by atoms with Crippen LogP contribution >= 0.6 is 0 Å². The van der Waals surface area contributed by atoms with Gasteiger partial charge in [0, 0.05) is 68.0 Å². The molecule has 13 rings (SSSR count). The fourth-order valence-corrected chi connectivity index (χ4v) is 10.00. The minimum absolute atomic E-state index is 0.145. The van der Waals surface area contributed by atoms with Crippen LogP contribution in [0.4, 0.5) is 0 Å². The predicted molar refractivity (Wildman–Crippen MR) is 327 cm³/mol. The average Bonchev–Trinajstić information content (AvgIpc) is 3.67. The molecule has 0 aliphatic heterocycles. The lowest BCUT2D eigenvalue weighted by molar-refractivity contribution is 0.660. The number of fused-ring (bicyclic) bond motifs is 8. The van der Waals surface area contributed by atoms with Crippen LogP contribution in [0.5, 0.6) is 0 Å². The third kappa shape index (κ3) is 13.1. The lowest BCUT2D eigenvalue weighted by Crippen LogP contribution is -2.14. The zero-order valence-electron chi connectivity index (χ0n) is 47.5. The van der Waals surface area contributed by atoms with Crippen molar-refractivity contribution in [3.8, 4) is 11.1 Å². The Morgan fingerprint density at radius 3 is 1.52 bits per heavy atom. The Morgan fingerprint density at radius 2 is 0.857 bits per heavy atom. The molecule has 0 unspecified atom stereocenters. The maximum absolute atomic E-state index is 4.42. The molecule has 1 aliphatic carbocycles. The van der Waals surface area contributed by atoms with Gasteiger partial charge in [-0.1, -0.05) is 145 Å². The highest BCUT2D eigenvalue weighted by Gasteiger charge is 2.35. The molecular weight excluding hydrogens is 937 g/mol. The van der Waals surface area contributed by atoms with Crippen molar-refractivity contribution in [2.24, 2.45) is 0 Å². The lowest BCUT2D eigenvalue weighted by Gasteiger charge is -2.21. The molecule has 0 N–H and O–H groups in total. The minimum Gasteiger partial charge on any atom is -0.261 e. The van der Waals surface area contributed by atoms with E-state index in [0.717, 1.165) is 50.4 Å². The summed E-state index contributed by atoms with van der Waals surface area (Å²) in [5, 5.41) is 7.45. The fourth-order valence-electron chi connectivity index (χ4n) is 10.00. The molecule has 0 bridgehead atoms. The van der Waals surface area contributed by atoms with Crippen molar-refractivity contribution >= 4 is 54.4 Å². The van der Waals surface area contributed by atoms with Crippen molar-refractivity contribution in [3.05, 3.63) is 261 Å². The molecule has 0 atom stereocenters. The van der Waals surface area contributed by atoms with Gasteiger partial charge in [0.25, 0.3) is 0 Å². The molecule has 77 heavy (non-hydrogen) atoms. The molecule has 7 aromatic carbocycles. The van der Waals surface area contributed by atoms with Gasteiger partial charge in [-0.2, -0.15) is 0 Å². The zero-order chi connectivity index (χ0) is 55.0. The van der Waals surface area contributed by atoms with E-state index in [1.54, 1.807) is 0 Å². The Hall–Kier alpha value is -8.48. The molecule has 5 aromatic heterocycles. The number of hydrogen-bond acceptors (Lipinski definition) is 6. The summed E-state index contributed by atoms with van der Waals surface area (Å²) in [5.74, 6) is 0.839. The second-order valence-corrected chi connectivity index (χ2v) is 21.1. The van der Waals surface area contributed by atoms with E-state index >= 15 is 0 Å². The summed E-state index contributed by atoms with van der Waals surface area (Å²) in [6.45, 7) is 29.6. The number of rotatable bonds is 0. The number of para-hydroxylation sites is 1. The number of pyridine rings is 4. The van der Waals surface area contributed by atoms with Crippen LogP contribution in [0.25, 0.3) is 65.5 Å². The van der Waals surface area contributed by atoms with Crippen LogP contribution in [0, 0.1) is 83.1 Å². The summed E-state index contributed by atoms with van der Waals surface area (Å²) in [5.41, 5.74) is 23.8. The highest BCUT2D eigenvalue weighted by Crippen LogP contribution is 2.49. The zero-order valence-corrected chi connectivity index (χ0v) is 47.5. The number of aryl methyl sites for hydroxylation is 12. The topological polar surface area (TPSA) is 77.3 Å². The van der Waals surface area contributed by atoms with Crippen molar-refractivity contribution in [2.45, 2.75) is 102 Å². The molecule has 0 amide bonds. The average molecular weight is 1010 g/mol. The van der Waals surface area contributed by atoms with E-state index in [4.69, 9.17) is 0 Å². The van der Waals surface area contributed by atoms with E-state index in [-0.39, 0.29) is 5.41 Å². The highest BCUT2D eigenvalue weighted by atomic mass is 14.9. The Kier molecular flexibility index (Phi) is 17.1. The summed E-state index contributed by atoms with van der Waals surface area (Å²) in [7, 11) is 0. The van der Waals surface area contributed by atoms with Crippen molar-refractivity contribution in [1.82, 2.24) is 29.9 Å². The Balaban J connectivity index is 0.000000123. The quantitative estimate of drug-likeness (QED) is 0.151. The first-order valence-corrected chi connectivity index (χ1v) is 26.6. The lowest BCUT2D eigenvalue weighted by atomic mass is 9.82. The number of benzene rings is 7. The molecule has 0 radical (unpaired) electrons. The minimum atomic E-state index is 0.145. The van der Waals surface area contributed by atoms with Gasteiger partial charge >= 0.3 is 0 Å². The monoisotopic (exact) mass is 1010 g/mol. The molecular formula is C71H72N6. The van der Waals surface area contributed by atoms with E-state index in [1.165, 1.54) is 93.7 Å². The van der Waals surface area contributed by atoms with Gasteiger partial charge in [0.05, 0.1) is 22.1 Å². The van der Waals surface area contributed by atoms with Gasteiger partial charge in [0.15, 0.2) is 0 Å². The van der Waals surface area contributed by atoms with E-state index in [2.05, 4.69) is 220 Å². The van der Waals surface area contributed by atoms with Crippen LogP contribution in [0.15, 0.2) is 182 Å². The summed E-state index contributed by atoms with van der Waals surface area (Å²) in [6, 6.07) is 57.4. The number of hydrogen-bond donors (Lipinski definition) is 0. The van der Waals surface area contributed by atoms with Crippen molar-refractivity contribution in [3.63, 3.8) is 0 Å². The Bertz CT molecular complexity index is 3890. The van der Waals surface area contributed by atoms with Gasteiger partial charge < -0.3 is 0 Å². The molecule has 6 nitrogen and oxygen atoms in total. The molecule has 0 spiro atoms. The molecule has 6 heteroatoms. The predicted octanol–water partition coefficient (Wildman–Crippen LogP) is 18.3. The van der Waals surface area contributed by atoms with Gasteiger partial charge in [-0.15, -0.1) is 0 Å². The van der Waals surface area contributed by atoms with Gasteiger partial charge in [0.1, 0.15) is 5.82 Å². The standard InChI is InChI=1S/C17H18.4C11H11N.C10H10N2/c1-11-5-7-15-13(9-11)14-10-12(2)6-8-16(14)17(15,3)4;1-8-3-6-11-10(7-8)5-4-9(2)12-11;1-8-3-4-11-10(7-8)9(2)5-6-12-11;1-8-3-4-10-9(2)5-6-12-11(10)7-8;1-8-7-12-9(2)11-6-4-3-5-10(8)11;1-7-9-5-3-4-6-10(9)12-8(2)11-7/h5-10H,1-4H3;4*3-7H,1-2H3;3-6H,1-2H3. The first-order valence-electron chi connectivity index (χ1n) is 26.6. The molecule has 386 valence electrons. The van der Waals surface area contributed by atoms with Crippen LogP contribution in [-0.2, 0) is 5.41 Å². The molecule has 0 saturated carbocycles. The maximum Gasteiger partial charge on any atom is 0.126 e. The van der Waals surface area contributed by atoms with E-state index in [1.807, 2.05) is 88.8 Å². The normalized spacial score (nSPS) is 11.6. The summed E-state index contributed by atoms with van der Waals surface area (Å²) in [6.07, 6.45) is 5.64. The van der Waals surface area contributed by atoms with Crippen molar-refractivity contribution in [1.29, 1.82) is 0 Å². The largest absolute Gasteiger partial charge is 0.261 e. The SMILES string of the molecule is Cc1ccc2c(C)ccnc2c1.Cc1ccc2c(c1)-c1cc(C)ccc1C2(C)C.Cc1ccc2nc(C)ccc2c1.Cc1ccc2nccc(C)c2c1.Cc1cnc(C)c2ccccc12.Cc1nc(C)c2ccccc2n1. The van der Waals surface area contributed by atoms with E-state index < -0.39 is 0 Å². The number of nitrogens with zero attached hydrogens (tertiary/aromatic N) is 6. The summed E-state index contributed by atoms with van der Waals surface area (Å²) < 4.78 is 0. The second kappa shape index (κ2) is 24.0. The highest BCUT2D eigenvalue weighted by molar-refractivity contribution is 5.87. The van der Waals surface area contributed by atoms with Gasteiger partial charge in [-0.05, 0) is 188 Å². The van der Waals surface area contributed by atoms with Crippen LogP contribution in [0.2, 0.25) is 0 Å². The first kappa shape index (κ1) is 54.8. The second-order valence-electron chi connectivity index (χ2n) is 21.1. The van der Waals surface area contributed by atoms with Crippen LogP contribution in [0.1, 0.15) is 92.4 Å². The summed E-state index contributed by atoms with van der Waals surface area (Å²) in [4.78, 5) is 25.9. The van der Waals surface area contributed by atoms with Gasteiger partial charge in [0.2, 0.25) is 0 Å². The Morgan fingerprint density at radius 1 is 0.325 bits per heavy atom. The summed E-state index contributed by atoms with van der Waals surface area (Å²) >= 11 is 0. The Labute approximate surface area is 456 Å². The van der Waals surface area contributed by atoms with Gasteiger partial charge in [-0.25, -0.2) is 9.97 Å². The first-order chi connectivity index (χ1) is 36.9. The molecule has 12 aromatic rings. The smallest absolute Gasteiger partial charge is 0.126 e. The molecule has 0 fully saturated rings. The number of aromatic nitrogens is 6. The van der Waals surface area contributed by atoms with Crippen LogP contribution in [0.3, 0.4) is 0 Å². The van der Waals surface area contributed by atoms with Crippen LogP contribution in [-0.4, -0.2) is 29.9 Å². The van der Waals surface area contributed by atoms with Crippen molar-refractivity contribution < 1.29 is 0 Å². The fraction of sp³-hybridized carbons (Fsp3) is 0.211. The molecule has 1 aliphatic rings. The van der Waals surface area contributed by atoms with Crippen molar-refractivity contribution in [2.75, 3.05) is 0 Å². The molecule has 5 heterocycles. The van der Waals surface area contributed by atoms with Gasteiger partial charge in [-0.3, -0.25) is 19.9 Å².